The summed E-state index contributed by atoms with van der Waals surface area (Å²) in [6.07, 6.45) is 7.33. The maximum atomic E-state index is 12.7. The Morgan fingerprint density at radius 1 is 1.00 bits per heavy atom. The zero-order chi connectivity index (χ0) is 23.3. The van der Waals surface area contributed by atoms with Gasteiger partial charge in [0.15, 0.2) is 0 Å². The molecule has 2 fully saturated rings. The molecule has 34 heavy (non-hydrogen) atoms. The topological polar surface area (TPSA) is 56.1 Å². The molecule has 7 nitrogen and oxygen atoms in total. The van der Waals surface area contributed by atoms with Crippen LogP contribution in [-0.2, 0) is 17.8 Å². The summed E-state index contributed by atoms with van der Waals surface area (Å²) < 4.78 is 2.16. The van der Waals surface area contributed by atoms with Crippen LogP contribution in [-0.4, -0.2) is 77.4 Å². The van der Waals surface area contributed by atoms with E-state index < -0.39 is 0 Å². The molecule has 0 unspecified atom stereocenters. The summed E-state index contributed by atoms with van der Waals surface area (Å²) >= 11 is 0. The van der Waals surface area contributed by atoms with Gasteiger partial charge in [-0.3, -0.25) is 9.69 Å². The molecular formula is C27H36N6O. The molecule has 0 spiro atoms. The Hall–Kier alpha value is -2.90. The van der Waals surface area contributed by atoms with Crippen LogP contribution >= 0.6 is 0 Å². The van der Waals surface area contributed by atoms with Gasteiger partial charge < -0.3 is 19.5 Å². The number of imidazole rings is 1. The molecule has 2 aromatic heterocycles. The summed E-state index contributed by atoms with van der Waals surface area (Å²) in [5.41, 5.74) is 4.62. The predicted molar refractivity (Wildman–Crippen MR) is 136 cm³/mol. The number of benzene rings is 1. The average molecular weight is 461 g/mol. The molecule has 2 saturated heterocycles. The van der Waals surface area contributed by atoms with Crippen molar-refractivity contribution in [3.63, 3.8) is 0 Å². The number of pyridine rings is 1. The Kier molecular flexibility index (Phi) is 7.11. The molecule has 180 valence electrons. The number of aryl methyl sites for hydroxylation is 1. The largest absolute Gasteiger partial charge is 0.368 e. The number of aromatic nitrogens is 2. The van der Waals surface area contributed by atoms with Gasteiger partial charge in [-0.2, -0.15) is 0 Å². The Bertz CT molecular complexity index is 1080. The van der Waals surface area contributed by atoms with Gasteiger partial charge in [0.25, 0.3) is 0 Å². The van der Waals surface area contributed by atoms with Gasteiger partial charge in [0, 0.05) is 76.4 Å². The summed E-state index contributed by atoms with van der Waals surface area (Å²) in [7, 11) is 2.17. The third kappa shape index (κ3) is 5.59. The summed E-state index contributed by atoms with van der Waals surface area (Å²) in [6, 6.07) is 15.1. The van der Waals surface area contributed by atoms with Crippen LogP contribution in [0.2, 0.25) is 0 Å². The van der Waals surface area contributed by atoms with Crippen LogP contribution in [0.15, 0.2) is 54.9 Å². The molecule has 5 rings (SSSR count). The number of nitrogens with zero attached hydrogens (tertiary/aromatic N) is 5. The van der Waals surface area contributed by atoms with Crippen LogP contribution < -0.4 is 10.2 Å². The molecule has 3 aromatic rings. The molecule has 1 amide bonds. The highest BCUT2D eigenvalue weighted by molar-refractivity contribution is 5.76. The zero-order valence-electron chi connectivity index (χ0n) is 20.2. The van der Waals surface area contributed by atoms with Gasteiger partial charge in [0.2, 0.25) is 5.91 Å². The molecule has 2 aliphatic rings. The predicted octanol–water partition coefficient (Wildman–Crippen LogP) is 2.80. The third-order valence-electron chi connectivity index (χ3n) is 7.24. The van der Waals surface area contributed by atoms with Crippen molar-refractivity contribution in [3.05, 3.63) is 66.1 Å². The fourth-order valence-corrected chi connectivity index (χ4v) is 5.07. The highest BCUT2D eigenvalue weighted by Gasteiger charge is 2.21. The highest BCUT2D eigenvalue weighted by Crippen LogP contribution is 2.20. The first kappa shape index (κ1) is 22.9. The van der Waals surface area contributed by atoms with E-state index >= 15 is 0 Å². The highest BCUT2D eigenvalue weighted by atomic mass is 16.1. The van der Waals surface area contributed by atoms with Crippen molar-refractivity contribution in [1.29, 1.82) is 0 Å². The maximum absolute atomic E-state index is 12.7. The maximum Gasteiger partial charge on any atom is 0.220 e. The molecule has 2 aliphatic heterocycles. The van der Waals surface area contributed by atoms with E-state index in [9.17, 15) is 4.79 Å². The standard InChI is InChI=1S/C27H36N6O/c1-30-15-17-32(18-16-30)25-7-9-26-28-19-24(33(26)21-25)8-10-27(34)29-23-11-13-31(14-12-23)20-22-5-3-2-4-6-22/h2-7,9,19,21,23H,8,10-18,20H2,1H3,(H,29,34). The Morgan fingerprint density at radius 2 is 1.76 bits per heavy atom. The first-order chi connectivity index (χ1) is 16.6. The number of likely N-dealkylation sites (tertiary alicyclic amines) is 1. The molecule has 0 aliphatic carbocycles. The number of piperidine rings is 1. The second kappa shape index (κ2) is 10.6. The molecule has 4 heterocycles. The minimum absolute atomic E-state index is 0.145. The molecule has 0 bridgehead atoms. The van der Waals surface area contributed by atoms with Gasteiger partial charge in [-0.05, 0) is 44.0 Å². The van der Waals surface area contributed by atoms with Crippen LogP contribution in [0.5, 0.6) is 0 Å². The number of hydrogen-bond donors (Lipinski definition) is 1. The Balaban J connectivity index is 1.11. The lowest BCUT2D eigenvalue weighted by molar-refractivity contribution is -0.122. The van der Waals surface area contributed by atoms with Crippen LogP contribution in [0, 0.1) is 0 Å². The van der Waals surface area contributed by atoms with Gasteiger partial charge in [-0.15, -0.1) is 0 Å². The van der Waals surface area contributed by atoms with E-state index in [1.807, 2.05) is 6.20 Å². The van der Waals surface area contributed by atoms with Crippen molar-refractivity contribution >= 4 is 17.2 Å². The van der Waals surface area contributed by atoms with E-state index in [-0.39, 0.29) is 11.9 Å². The smallest absolute Gasteiger partial charge is 0.220 e. The van der Waals surface area contributed by atoms with Gasteiger partial charge in [-0.1, -0.05) is 30.3 Å². The summed E-state index contributed by atoms with van der Waals surface area (Å²) in [4.78, 5) is 24.5. The summed E-state index contributed by atoms with van der Waals surface area (Å²) in [6.45, 7) is 7.30. The minimum atomic E-state index is 0.145. The molecular weight excluding hydrogens is 424 g/mol. The van der Waals surface area contributed by atoms with E-state index in [4.69, 9.17) is 0 Å². The third-order valence-corrected chi connectivity index (χ3v) is 7.24. The number of carbonyl (C=O) groups is 1. The first-order valence-electron chi connectivity index (χ1n) is 12.6. The molecule has 1 N–H and O–H groups in total. The fourth-order valence-electron chi connectivity index (χ4n) is 5.07. The second-order valence-electron chi connectivity index (χ2n) is 9.76. The van der Waals surface area contributed by atoms with Crippen LogP contribution in [0.3, 0.4) is 0 Å². The number of amides is 1. The lowest BCUT2D eigenvalue weighted by Crippen LogP contribution is -2.44. The minimum Gasteiger partial charge on any atom is -0.368 e. The molecule has 0 atom stereocenters. The normalized spacial score (nSPS) is 18.4. The molecule has 1 aromatic carbocycles. The number of nitrogens with one attached hydrogen (secondary N) is 1. The zero-order valence-corrected chi connectivity index (χ0v) is 20.2. The van der Waals surface area contributed by atoms with Crippen molar-refractivity contribution in [1.82, 2.24) is 24.5 Å². The number of fused-ring (bicyclic) bond motifs is 1. The van der Waals surface area contributed by atoms with Crippen LogP contribution in [0.1, 0.15) is 30.5 Å². The van der Waals surface area contributed by atoms with Crippen LogP contribution in [0.25, 0.3) is 5.65 Å². The lowest BCUT2D eigenvalue weighted by atomic mass is 10.0. The van der Waals surface area contributed by atoms with E-state index in [1.165, 1.54) is 11.3 Å². The Labute approximate surface area is 202 Å². The van der Waals surface area contributed by atoms with Gasteiger partial charge >= 0.3 is 0 Å². The average Bonchev–Trinajstić information content (AvgIpc) is 3.27. The Morgan fingerprint density at radius 3 is 2.53 bits per heavy atom. The van der Waals surface area contributed by atoms with Crippen molar-refractivity contribution in [3.8, 4) is 0 Å². The van der Waals surface area contributed by atoms with Gasteiger partial charge in [-0.25, -0.2) is 4.98 Å². The second-order valence-corrected chi connectivity index (χ2v) is 9.76. The molecule has 0 saturated carbocycles. The molecule has 0 radical (unpaired) electrons. The first-order valence-corrected chi connectivity index (χ1v) is 12.6. The van der Waals surface area contributed by atoms with Gasteiger partial charge in [0.1, 0.15) is 5.65 Å². The number of piperazine rings is 1. The summed E-state index contributed by atoms with van der Waals surface area (Å²) in [5.74, 6) is 0.145. The van der Waals surface area contributed by atoms with E-state index in [2.05, 4.69) is 85.1 Å². The summed E-state index contributed by atoms with van der Waals surface area (Å²) in [5, 5.41) is 3.27. The van der Waals surface area contributed by atoms with E-state index in [1.54, 1.807) is 0 Å². The fraction of sp³-hybridized carbons (Fsp3) is 0.481. The van der Waals surface area contributed by atoms with Crippen molar-refractivity contribution < 1.29 is 4.79 Å². The lowest BCUT2D eigenvalue weighted by Gasteiger charge is -2.34. The quantitative estimate of drug-likeness (QED) is 0.588. The number of likely N-dealkylation sites (N-methyl/N-ethyl adjacent to an activating group) is 1. The van der Waals surface area contributed by atoms with Crippen molar-refractivity contribution in [2.75, 3.05) is 51.2 Å². The van der Waals surface area contributed by atoms with Crippen molar-refractivity contribution in [2.45, 2.75) is 38.3 Å². The van der Waals surface area contributed by atoms with Crippen LogP contribution in [0.4, 0.5) is 5.69 Å². The van der Waals surface area contributed by atoms with E-state index in [0.29, 0.717) is 12.8 Å². The number of hydrogen-bond acceptors (Lipinski definition) is 5. The number of rotatable bonds is 7. The number of anilines is 1. The van der Waals surface area contributed by atoms with Gasteiger partial charge in [0.05, 0.1) is 5.69 Å². The monoisotopic (exact) mass is 460 g/mol. The van der Waals surface area contributed by atoms with Crippen molar-refractivity contribution in [2.24, 2.45) is 0 Å². The molecule has 7 heteroatoms. The SMILES string of the molecule is CN1CCN(c2ccc3ncc(CCC(=O)NC4CCN(Cc5ccccc5)CC4)n3c2)CC1. The number of carbonyl (C=O) groups excluding carboxylic acids is 1. The van der Waals surface area contributed by atoms with E-state index in [0.717, 1.165) is 70.0 Å².